The van der Waals surface area contributed by atoms with E-state index >= 15 is 0 Å². The number of hydrogen-bond donors (Lipinski definition) is 1. The molecule has 1 aromatic carbocycles. The minimum absolute atomic E-state index is 0.195. The van der Waals surface area contributed by atoms with E-state index in [1.807, 2.05) is 6.92 Å². The van der Waals surface area contributed by atoms with E-state index in [4.69, 9.17) is 10.5 Å². The van der Waals surface area contributed by atoms with Crippen molar-refractivity contribution in [1.29, 1.82) is 0 Å². The Morgan fingerprint density at radius 3 is 2.94 bits per heavy atom. The lowest BCUT2D eigenvalue weighted by Gasteiger charge is -2.13. The molecule has 0 aliphatic carbocycles. The highest BCUT2D eigenvalue weighted by Crippen LogP contribution is 2.20. The number of benzene rings is 1. The van der Waals surface area contributed by atoms with Gasteiger partial charge in [-0.2, -0.15) is 0 Å². The van der Waals surface area contributed by atoms with Crippen LogP contribution >= 0.6 is 0 Å². The number of aryl methyl sites for hydroxylation is 1. The van der Waals surface area contributed by atoms with Gasteiger partial charge < -0.3 is 15.2 Å². The van der Waals surface area contributed by atoms with Crippen molar-refractivity contribution >= 4 is 17.7 Å². The molecular formula is C12H14N2O4. The second-order valence-corrected chi connectivity index (χ2v) is 3.97. The first kappa shape index (κ1) is 12.2. The summed E-state index contributed by atoms with van der Waals surface area (Å²) < 4.78 is 10.0. The van der Waals surface area contributed by atoms with E-state index < -0.39 is 12.0 Å². The molecule has 2 rings (SSSR count). The van der Waals surface area contributed by atoms with Crippen LogP contribution in [0.3, 0.4) is 0 Å². The molecule has 0 atom stereocenters. The van der Waals surface area contributed by atoms with Crippen LogP contribution in [-0.4, -0.2) is 36.7 Å². The van der Waals surface area contributed by atoms with Gasteiger partial charge >= 0.3 is 6.09 Å². The monoisotopic (exact) mass is 250 g/mol. The summed E-state index contributed by atoms with van der Waals surface area (Å²) in [5, 5.41) is 0. The van der Waals surface area contributed by atoms with Gasteiger partial charge in [0.15, 0.2) is 6.61 Å². The highest BCUT2D eigenvalue weighted by atomic mass is 16.6. The van der Waals surface area contributed by atoms with Crippen molar-refractivity contribution in [2.24, 2.45) is 0 Å². The van der Waals surface area contributed by atoms with Crippen molar-refractivity contribution in [3.05, 3.63) is 23.8 Å². The SMILES string of the molecule is Cc1cc(N)ccc1OCC(=O)N1CCOC1=O. The number of hydrogen-bond acceptors (Lipinski definition) is 5. The number of amides is 2. The van der Waals surface area contributed by atoms with Crippen LogP contribution in [0, 0.1) is 6.92 Å². The number of carbonyl (C=O) groups is 2. The van der Waals surface area contributed by atoms with Crippen LogP contribution in [0.2, 0.25) is 0 Å². The molecular weight excluding hydrogens is 236 g/mol. The zero-order chi connectivity index (χ0) is 13.1. The number of nitrogen functional groups attached to an aromatic ring is 1. The first-order valence-corrected chi connectivity index (χ1v) is 5.54. The molecule has 6 nitrogen and oxygen atoms in total. The average molecular weight is 250 g/mol. The lowest BCUT2D eigenvalue weighted by Crippen LogP contribution is -2.35. The number of anilines is 1. The fourth-order valence-corrected chi connectivity index (χ4v) is 1.67. The predicted molar refractivity (Wildman–Crippen MR) is 64.1 cm³/mol. The summed E-state index contributed by atoms with van der Waals surface area (Å²) in [4.78, 5) is 23.9. The van der Waals surface area contributed by atoms with Crippen molar-refractivity contribution in [3.63, 3.8) is 0 Å². The van der Waals surface area contributed by atoms with Gasteiger partial charge in [-0.1, -0.05) is 0 Å². The van der Waals surface area contributed by atoms with Crippen LogP contribution in [0.5, 0.6) is 5.75 Å². The Morgan fingerprint density at radius 1 is 1.56 bits per heavy atom. The van der Waals surface area contributed by atoms with Gasteiger partial charge in [0.05, 0.1) is 6.54 Å². The quantitative estimate of drug-likeness (QED) is 0.807. The average Bonchev–Trinajstić information content (AvgIpc) is 2.74. The fourth-order valence-electron chi connectivity index (χ4n) is 1.67. The van der Waals surface area contributed by atoms with Crippen LogP contribution in [0.4, 0.5) is 10.5 Å². The van der Waals surface area contributed by atoms with Gasteiger partial charge in [-0.25, -0.2) is 9.69 Å². The zero-order valence-electron chi connectivity index (χ0n) is 10.0. The van der Waals surface area contributed by atoms with Gasteiger partial charge in [0.2, 0.25) is 0 Å². The molecule has 1 saturated heterocycles. The number of cyclic esters (lactones) is 1. The van der Waals surface area contributed by atoms with Crippen LogP contribution < -0.4 is 10.5 Å². The van der Waals surface area contributed by atoms with E-state index in [2.05, 4.69) is 4.74 Å². The number of ether oxygens (including phenoxy) is 2. The second kappa shape index (κ2) is 4.95. The van der Waals surface area contributed by atoms with E-state index in [0.29, 0.717) is 11.4 Å². The highest BCUT2D eigenvalue weighted by Gasteiger charge is 2.28. The lowest BCUT2D eigenvalue weighted by molar-refractivity contribution is -0.129. The molecule has 0 aromatic heterocycles. The Hall–Kier alpha value is -2.24. The van der Waals surface area contributed by atoms with Crippen molar-refractivity contribution < 1.29 is 19.1 Å². The molecule has 0 saturated carbocycles. The third kappa shape index (κ3) is 2.53. The number of nitrogens with zero attached hydrogens (tertiary/aromatic N) is 1. The van der Waals surface area contributed by atoms with E-state index in [9.17, 15) is 9.59 Å². The summed E-state index contributed by atoms with van der Waals surface area (Å²) >= 11 is 0. The van der Waals surface area contributed by atoms with Crippen molar-refractivity contribution in [3.8, 4) is 5.75 Å². The lowest BCUT2D eigenvalue weighted by atomic mass is 10.2. The van der Waals surface area contributed by atoms with Gasteiger partial charge in [-0.3, -0.25) is 4.79 Å². The Balaban J connectivity index is 1.95. The normalized spacial score (nSPS) is 14.5. The maximum absolute atomic E-state index is 11.7. The van der Waals surface area contributed by atoms with Crippen LogP contribution in [0.15, 0.2) is 18.2 Å². The summed E-state index contributed by atoms with van der Waals surface area (Å²) in [7, 11) is 0. The smallest absolute Gasteiger partial charge is 0.416 e. The minimum atomic E-state index is -0.613. The van der Waals surface area contributed by atoms with Gasteiger partial charge in [-0.15, -0.1) is 0 Å². The third-order valence-corrected chi connectivity index (χ3v) is 2.61. The summed E-state index contributed by atoms with van der Waals surface area (Å²) in [6.07, 6.45) is -0.613. The fraction of sp³-hybridized carbons (Fsp3) is 0.333. The molecule has 1 aromatic rings. The Morgan fingerprint density at radius 2 is 2.33 bits per heavy atom. The summed E-state index contributed by atoms with van der Waals surface area (Å²) in [6, 6.07) is 5.14. The number of carbonyl (C=O) groups excluding carboxylic acids is 2. The Kier molecular flexibility index (Phi) is 3.36. The largest absolute Gasteiger partial charge is 0.483 e. The van der Waals surface area contributed by atoms with Crippen molar-refractivity contribution in [2.75, 3.05) is 25.5 Å². The molecule has 18 heavy (non-hydrogen) atoms. The molecule has 1 heterocycles. The Bertz CT molecular complexity index is 487. The van der Waals surface area contributed by atoms with Gasteiger partial charge in [0.1, 0.15) is 12.4 Å². The summed E-state index contributed by atoms with van der Waals surface area (Å²) in [5.74, 6) is 0.166. The minimum Gasteiger partial charge on any atom is -0.483 e. The topological polar surface area (TPSA) is 81.9 Å². The number of nitrogens with two attached hydrogens (primary N) is 1. The number of imide groups is 1. The Labute approximate surface area is 104 Å². The molecule has 0 spiro atoms. The van der Waals surface area contributed by atoms with Gasteiger partial charge in [-0.05, 0) is 30.7 Å². The van der Waals surface area contributed by atoms with E-state index in [-0.39, 0.29) is 19.8 Å². The zero-order valence-corrected chi connectivity index (χ0v) is 10.0. The van der Waals surface area contributed by atoms with E-state index in [0.717, 1.165) is 10.5 Å². The predicted octanol–water partition coefficient (Wildman–Crippen LogP) is 0.935. The molecule has 1 aliphatic rings. The molecule has 1 aliphatic heterocycles. The maximum Gasteiger partial charge on any atom is 0.416 e. The van der Waals surface area contributed by atoms with E-state index in [1.165, 1.54) is 0 Å². The molecule has 1 fully saturated rings. The van der Waals surface area contributed by atoms with Crippen LogP contribution in [0.1, 0.15) is 5.56 Å². The first-order chi connectivity index (χ1) is 8.58. The van der Waals surface area contributed by atoms with E-state index in [1.54, 1.807) is 18.2 Å². The molecule has 96 valence electrons. The maximum atomic E-state index is 11.7. The van der Waals surface area contributed by atoms with Crippen LogP contribution in [-0.2, 0) is 9.53 Å². The van der Waals surface area contributed by atoms with Crippen molar-refractivity contribution in [2.45, 2.75) is 6.92 Å². The summed E-state index contributed by atoms with van der Waals surface area (Å²) in [6.45, 7) is 2.16. The third-order valence-electron chi connectivity index (χ3n) is 2.61. The van der Waals surface area contributed by atoms with Gasteiger partial charge in [0.25, 0.3) is 5.91 Å². The van der Waals surface area contributed by atoms with Crippen molar-refractivity contribution in [1.82, 2.24) is 4.90 Å². The summed E-state index contributed by atoms with van der Waals surface area (Å²) in [5.41, 5.74) is 7.08. The second-order valence-electron chi connectivity index (χ2n) is 3.97. The molecule has 0 unspecified atom stereocenters. The molecule has 0 radical (unpaired) electrons. The molecule has 0 bridgehead atoms. The first-order valence-electron chi connectivity index (χ1n) is 5.54. The molecule has 2 N–H and O–H groups in total. The standard InChI is InChI=1S/C12H14N2O4/c1-8-6-9(13)2-3-10(8)18-7-11(15)14-4-5-17-12(14)16/h2-3,6H,4-5,7,13H2,1H3. The molecule has 6 heteroatoms. The van der Waals surface area contributed by atoms with Crippen LogP contribution in [0.25, 0.3) is 0 Å². The molecule has 2 amide bonds. The number of rotatable bonds is 3. The van der Waals surface area contributed by atoms with Gasteiger partial charge in [0, 0.05) is 5.69 Å². The highest BCUT2D eigenvalue weighted by molar-refractivity contribution is 5.93.